The van der Waals surface area contributed by atoms with E-state index in [0.717, 1.165) is 25.8 Å². The summed E-state index contributed by atoms with van der Waals surface area (Å²) in [5.74, 6) is 0. The highest BCUT2D eigenvalue weighted by atomic mass is 32.2. The van der Waals surface area contributed by atoms with Gasteiger partial charge in [-0.05, 0) is 32.9 Å². The fourth-order valence-corrected chi connectivity index (χ4v) is 3.57. The molecule has 1 atom stereocenters. The van der Waals surface area contributed by atoms with Crippen LogP contribution in [0.2, 0.25) is 0 Å². The van der Waals surface area contributed by atoms with Gasteiger partial charge in [0.25, 0.3) is 10.2 Å². The monoisotopic (exact) mass is 279 g/mol. The van der Waals surface area contributed by atoms with Gasteiger partial charge in [0.2, 0.25) is 0 Å². The topological polar surface area (TPSA) is 61.9 Å². The first-order valence-corrected chi connectivity index (χ1v) is 7.81. The zero-order valence-corrected chi connectivity index (χ0v) is 12.4. The SMILES string of the molecule is CNCCCN(C)S(=O)(=O)N1CCCC(OC)C1. The standard InChI is InChI=1S/C11H25N3O3S/c1-12-7-5-8-13(2)18(15,16)14-9-4-6-11(10-14)17-3/h11-12H,4-10H2,1-3H3. The van der Waals surface area contributed by atoms with Crippen LogP contribution in [0, 0.1) is 0 Å². The van der Waals surface area contributed by atoms with Gasteiger partial charge < -0.3 is 10.1 Å². The van der Waals surface area contributed by atoms with Crippen LogP contribution in [0.5, 0.6) is 0 Å². The number of ether oxygens (including phenoxy) is 1. The van der Waals surface area contributed by atoms with Gasteiger partial charge in [0, 0.05) is 33.8 Å². The highest BCUT2D eigenvalue weighted by Crippen LogP contribution is 2.17. The Labute approximate surface area is 110 Å². The molecule has 0 bridgehead atoms. The molecule has 0 aromatic rings. The number of rotatable bonds is 7. The third-order valence-corrected chi connectivity index (χ3v) is 5.25. The van der Waals surface area contributed by atoms with Gasteiger partial charge in [0.1, 0.15) is 0 Å². The molecule has 108 valence electrons. The van der Waals surface area contributed by atoms with Crippen molar-refractivity contribution in [3.63, 3.8) is 0 Å². The second-order valence-electron chi connectivity index (χ2n) is 4.64. The Morgan fingerprint density at radius 3 is 2.83 bits per heavy atom. The number of nitrogens with one attached hydrogen (secondary N) is 1. The molecule has 0 aromatic heterocycles. The Kier molecular flexibility index (Phi) is 6.51. The maximum Gasteiger partial charge on any atom is 0.281 e. The summed E-state index contributed by atoms with van der Waals surface area (Å²) in [6.07, 6.45) is 2.64. The van der Waals surface area contributed by atoms with Crippen molar-refractivity contribution in [2.45, 2.75) is 25.4 Å². The Bertz CT molecular complexity index is 334. The molecule has 1 aliphatic heterocycles. The van der Waals surface area contributed by atoms with Gasteiger partial charge in [-0.2, -0.15) is 17.0 Å². The first-order valence-electron chi connectivity index (χ1n) is 6.41. The van der Waals surface area contributed by atoms with E-state index in [1.807, 2.05) is 7.05 Å². The van der Waals surface area contributed by atoms with E-state index in [0.29, 0.717) is 19.6 Å². The van der Waals surface area contributed by atoms with Crippen molar-refractivity contribution in [3.05, 3.63) is 0 Å². The number of nitrogens with zero attached hydrogens (tertiary/aromatic N) is 2. The third kappa shape index (κ3) is 4.17. The van der Waals surface area contributed by atoms with E-state index >= 15 is 0 Å². The van der Waals surface area contributed by atoms with E-state index in [9.17, 15) is 8.42 Å². The Morgan fingerprint density at radius 2 is 2.22 bits per heavy atom. The zero-order chi connectivity index (χ0) is 13.6. The molecule has 1 N–H and O–H groups in total. The summed E-state index contributed by atoms with van der Waals surface area (Å²) in [6, 6.07) is 0. The van der Waals surface area contributed by atoms with Crippen LogP contribution in [-0.2, 0) is 14.9 Å². The Balaban J connectivity index is 2.55. The fourth-order valence-electron chi connectivity index (χ4n) is 2.10. The molecule has 1 saturated heterocycles. The predicted octanol–water partition coefficient (Wildman–Crippen LogP) is -0.117. The van der Waals surface area contributed by atoms with Gasteiger partial charge in [-0.25, -0.2) is 0 Å². The summed E-state index contributed by atoms with van der Waals surface area (Å²) in [4.78, 5) is 0. The van der Waals surface area contributed by atoms with Crippen LogP contribution in [0.1, 0.15) is 19.3 Å². The minimum Gasteiger partial charge on any atom is -0.380 e. The summed E-state index contributed by atoms with van der Waals surface area (Å²) in [6.45, 7) is 2.42. The molecule has 7 heteroatoms. The average Bonchev–Trinajstić information content (AvgIpc) is 2.39. The number of hydrogen-bond acceptors (Lipinski definition) is 4. The van der Waals surface area contributed by atoms with Crippen molar-refractivity contribution < 1.29 is 13.2 Å². The minimum atomic E-state index is -3.33. The second kappa shape index (κ2) is 7.40. The largest absolute Gasteiger partial charge is 0.380 e. The normalized spacial score (nSPS) is 22.6. The van der Waals surface area contributed by atoms with Crippen molar-refractivity contribution in [2.75, 3.05) is 47.4 Å². The maximum atomic E-state index is 12.3. The van der Waals surface area contributed by atoms with Crippen molar-refractivity contribution in [1.82, 2.24) is 13.9 Å². The lowest BCUT2D eigenvalue weighted by Crippen LogP contribution is -2.48. The molecule has 1 unspecified atom stereocenters. The van der Waals surface area contributed by atoms with E-state index < -0.39 is 10.2 Å². The van der Waals surface area contributed by atoms with Crippen LogP contribution >= 0.6 is 0 Å². The Hall–Kier alpha value is -0.210. The van der Waals surface area contributed by atoms with Crippen LogP contribution < -0.4 is 5.32 Å². The van der Waals surface area contributed by atoms with Crippen LogP contribution in [-0.4, -0.2) is 70.5 Å². The molecule has 0 spiro atoms. The molecule has 0 aliphatic carbocycles. The maximum absolute atomic E-state index is 12.3. The first kappa shape index (κ1) is 15.8. The van der Waals surface area contributed by atoms with E-state index in [1.165, 1.54) is 8.61 Å². The highest BCUT2D eigenvalue weighted by molar-refractivity contribution is 7.86. The molecule has 0 aromatic carbocycles. The van der Waals surface area contributed by atoms with Gasteiger partial charge in [-0.15, -0.1) is 0 Å². The van der Waals surface area contributed by atoms with Crippen molar-refractivity contribution >= 4 is 10.2 Å². The molecule has 0 saturated carbocycles. The highest BCUT2D eigenvalue weighted by Gasteiger charge is 2.31. The molecule has 6 nitrogen and oxygen atoms in total. The van der Waals surface area contributed by atoms with Crippen molar-refractivity contribution in [3.8, 4) is 0 Å². The molecule has 1 fully saturated rings. The molecule has 1 aliphatic rings. The summed E-state index contributed by atoms with van der Waals surface area (Å²) in [7, 11) is 1.81. The van der Waals surface area contributed by atoms with Gasteiger partial charge >= 0.3 is 0 Å². The molecule has 0 radical (unpaired) electrons. The summed E-state index contributed by atoms with van der Waals surface area (Å²) in [5.41, 5.74) is 0. The molecule has 0 amide bonds. The van der Waals surface area contributed by atoms with E-state index in [2.05, 4.69) is 5.32 Å². The number of methoxy groups -OCH3 is 1. The lowest BCUT2D eigenvalue weighted by atomic mass is 10.1. The lowest BCUT2D eigenvalue weighted by Gasteiger charge is -2.33. The van der Waals surface area contributed by atoms with E-state index in [4.69, 9.17) is 4.74 Å². The fraction of sp³-hybridized carbons (Fsp3) is 1.00. The Morgan fingerprint density at radius 1 is 1.50 bits per heavy atom. The molecular weight excluding hydrogens is 254 g/mol. The summed E-state index contributed by atoms with van der Waals surface area (Å²) in [5, 5.41) is 3.02. The van der Waals surface area contributed by atoms with Gasteiger partial charge in [-0.1, -0.05) is 0 Å². The van der Waals surface area contributed by atoms with Gasteiger partial charge in [0.05, 0.1) is 6.10 Å². The van der Waals surface area contributed by atoms with E-state index in [-0.39, 0.29) is 6.10 Å². The van der Waals surface area contributed by atoms with Crippen LogP contribution in [0.4, 0.5) is 0 Å². The molecule has 18 heavy (non-hydrogen) atoms. The van der Waals surface area contributed by atoms with Crippen LogP contribution in [0.15, 0.2) is 0 Å². The summed E-state index contributed by atoms with van der Waals surface area (Å²) < 4.78 is 32.9. The lowest BCUT2D eigenvalue weighted by molar-refractivity contribution is 0.0556. The first-order chi connectivity index (χ1) is 8.52. The molecule has 1 rings (SSSR count). The predicted molar refractivity (Wildman–Crippen MR) is 71.7 cm³/mol. The van der Waals surface area contributed by atoms with Crippen molar-refractivity contribution in [1.29, 1.82) is 0 Å². The third-order valence-electron chi connectivity index (χ3n) is 3.29. The molecular formula is C11H25N3O3S. The second-order valence-corrected chi connectivity index (χ2v) is 6.68. The van der Waals surface area contributed by atoms with Gasteiger partial charge in [-0.3, -0.25) is 0 Å². The molecule has 1 heterocycles. The number of piperidine rings is 1. The van der Waals surface area contributed by atoms with Crippen LogP contribution in [0.3, 0.4) is 0 Å². The average molecular weight is 279 g/mol. The van der Waals surface area contributed by atoms with Crippen LogP contribution in [0.25, 0.3) is 0 Å². The van der Waals surface area contributed by atoms with E-state index in [1.54, 1.807) is 14.2 Å². The minimum absolute atomic E-state index is 0.0271. The summed E-state index contributed by atoms with van der Waals surface area (Å²) >= 11 is 0. The van der Waals surface area contributed by atoms with Gasteiger partial charge in [0.15, 0.2) is 0 Å². The quantitative estimate of drug-likeness (QED) is 0.660. The number of hydrogen-bond donors (Lipinski definition) is 1. The zero-order valence-electron chi connectivity index (χ0n) is 11.6. The van der Waals surface area contributed by atoms with Crippen molar-refractivity contribution in [2.24, 2.45) is 0 Å². The smallest absolute Gasteiger partial charge is 0.281 e.